The number of nitrogens with zero attached hydrogens (tertiary/aromatic N) is 1. The molecule has 0 bridgehead atoms. The van der Waals surface area contributed by atoms with E-state index in [0.29, 0.717) is 22.1 Å². The van der Waals surface area contributed by atoms with Crippen LogP contribution in [0.3, 0.4) is 0 Å². The number of hydrogen-bond acceptors (Lipinski definition) is 4. The van der Waals surface area contributed by atoms with Gasteiger partial charge in [-0.15, -0.1) is 0 Å². The number of nitrogens with one attached hydrogen (secondary N) is 1. The maximum absolute atomic E-state index is 13.3. The minimum absolute atomic E-state index is 0.389. The minimum Gasteiger partial charge on any atom is -0.505 e. The van der Waals surface area contributed by atoms with E-state index < -0.39 is 11.6 Å². The van der Waals surface area contributed by atoms with E-state index >= 15 is 0 Å². The fraction of sp³-hybridized carbons (Fsp3) is 0. The van der Waals surface area contributed by atoms with Crippen LogP contribution in [0.5, 0.6) is 5.75 Å². The molecule has 116 valence electrons. The first-order valence-electron chi connectivity index (χ1n) is 6.80. The highest BCUT2D eigenvalue weighted by molar-refractivity contribution is 6.31. The Morgan fingerprint density at radius 3 is 2.74 bits per heavy atom. The largest absolute Gasteiger partial charge is 0.505 e. The third-order valence-electron chi connectivity index (χ3n) is 3.29. The minimum atomic E-state index is -0.708. The van der Waals surface area contributed by atoms with E-state index in [2.05, 4.69) is 10.3 Å². The molecule has 23 heavy (non-hydrogen) atoms. The summed E-state index contributed by atoms with van der Waals surface area (Å²) in [5, 5.41) is 13.6. The van der Waals surface area contributed by atoms with Crippen molar-refractivity contribution in [3.05, 3.63) is 71.3 Å². The van der Waals surface area contributed by atoms with Crippen molar-refractivity contribution in [1.29, 1.82) is 0 Å². The predicted molar refractivity (Wildman–Crippen MR) is 90.6 cm³/mol. The molecule has 0 aliphatic rings. The first-order chi connectivity index (χ1) is 11.0. The molecule has 0 radical (unpaired) electrons. The summed E-state index contributed by atoms with van der Waals surface area (Å²) >= 11 is 5.97. The molecule has 2 aromatic carbocycles. The Bertz CT molecular complexity index is 911. The Hall–Kier alpha value is -2.79. The van der Waals surface area contributed by atoms with Crippen LogP contribution in [0.2, 0.25) is 5.02 Å². The third kappa shape index (κ3) is 3.35. The number of hydrogen-bond donors (Lipinski definition) is 3. The fourth-order valence-electron chi connectivity index (χ4n) is 2.08. The number of nitrogens with two attached hydrogens (primary N) is 1. The molecule has 6 heteroatoms. The van der Waals surface area contributed by atoms with Crippen molar-refractivity contribution >= 4 is 33.9 Å². The Morgan fingerprint density at radius 2 is 1.96 bits per heavy atom. The summed E-state index contributed by atoms with van der Waals surface area (Å²) in [7, 11) is 0. The second-order valence-electron chi connectivity index (χ2n) is 4.94. The van der Waals surface area contributed by atoms with E-state index in [9.17, 15) is 4.39 Å². The zero-order valence-electron chi connectivity index (χ0n) is 11.9. The lowest BCUT2D eigenvalue weighted by Crippen LogP contribution is -2.02. The molecule has 0 aliphatic heterocycles. The number of phenolic OH excluding ortho intramolecular Hbond substituents is 1. The molecule has 1 aromatic heterocycles. The van der Waals surface area contributed by atoms with Gasteiger partial charge in [0.05, 0.1) is 16.9 Å². The first-order valence-corrected chi connectivity index (χ1v) is 7.18. The van der Waals surface area contributed by atoms with Crippen molar-refractivity contribution in [3.63, 3.8) is 0 Å². The fourth-order valence-corrected chi connectivity index (χ4v) is 2.25. The summed E-state index contributed by atoms with van der Waals surface area (Å²) in [4.78, 5) is 4.45. The summed E-state index contributed by atoms with van der Waals surface area (Å²) < 4.78 is 13.3. The van der Waals surface area contributed by atoms with E-state index in [1.807, 2.05) is 12.1 Å². The lowest BCUT2D eigenvalue weighted by molar-refractivity contribution is 0.432. The second kappa shape index (κ2) is 6.14. The SMILES string of the molecule is N/C(=C\Nc1ccc(O)c(F)c1)c1ccc2ccc(Cl)cc2n1. The highest BCUT2D eigenvalue weighted by Crippen LogP contribution is 2.21. The lowest BCUT2D eigenvalue weighted by Gasteiger charge is -2.06. The van der Waals surface area contributed by atoms with Crippen molar-refractivity contribution in [2.24, 2.45) is 5.73 Å². The van der Waals surface area contributed by atoms with Crippen LogP contribution in [0.25, 0.3) is 16.6 Å². The van der Waals surface area contributed by atoms with Crippen molar-refractivity contribution in [2.75, 3.05) is 5.32 Å². The van der Waals surface area contributed by atoms with Gasteiger partial charge < -0.3 is 16.2 Å². The molecule has 3 rings (SSSR count). The number of pyridine rings is 1. The summed E-state index contributed by atoms with van der Waals surface area (Å²) in [5.74, 6) is -1.11. The van der Waals surface area contributed by atoms with Gasteiger partial charge in [0, 0.05) is 28.4 Å². The molecule has 4 N–H and O–H groups in total. The van der Waals surface area contributed by atoms with Gasteiger partial charge >= 0.3 is 0 Å². The van der Waals surface area contributed by atoms with Crippen molar-refractivity contribution in [3.8, 4) is 5.75 Å². The van der Waals surface area contributed by atoms with Crippen LogP contribution in [-0.2, 0) is 0 Å². The van der Waals surface area contributed by atoms with Crippen LogP contribution in [-0.4, -0.2) is 10.1 Å². The molecule has 0 aliphatic carbocycles. The van der Waals surface area contributed by atoms with Crippen LogP contribution < -0.4 is 11.1 Å². The number of phenols is 1. The standard InChI is InChI=1S/C17H13ClFN3O/c18-11-3-1-10-2-5-15(22-16(10)7-11)14(20)9-21-12-4-6-17(23)13(19)8-12/h1-9,21,23H,20H2/b14-9-. The number of anilines is 1. The van der Waals surface area contributed by atoms with Crippen molar-refractivity contribution in [1.82, 2.24) is 4.98 Å². The van der Waals surface area contributed by atoms with Gasteiger partial charge in [-0.25, -0.2) is 9.37 Å². The van der Waals surface area contributed by atoms with Gasteiger partial charge in [0.15, 0.2) is 11.6 Å². The molecule has 0 unspecified atom stereocenters. The van der Waals surface area contributed by atoms with Crippen molar-refractivity contribution in [2.45, 2.75) is 0 Å². The summed E-state index contributed by atoms with van der Waals surface area (Å²) in [5.41, 5.74) is 8.17. The van der Waals surface area contributed by atoms with E-state index in [1.165, 1.54) is 24.4 Å². The smallest absolute Gasteiger partial charge is 0.166 e. The Kier molecular flexibility index (Phi) is 4.04. The van der Waals surface area contributed by atoms with Gasteiger partial charge in [-0.2, -0.15) is 0 Å². The molecule has 0 atom stereocenters. The van der Waals surface area contributed by atoms with Gasteiger partial charge in [-0.1, -0.05) is 23.7 Å². The number of fused-ring (bicyclic) bond motifs is 1. The average molecular weight is 330 g/mol. The number of benzene rings is 2. The predicted octanol–water partition coefficient (Wildman–Crippen LogP) is 4.10. The van der Waals surface area contributed by atoms with Gasteiger partial charge in [-0.3, -0.25) is 0 Å². The topological polar surface area (TPSA) is 71.2 Å². The monoisotopic (exact) mass is 329 g/mol. The highest BCUT2D eigenvalue weighted by atomic mass is 35.5. The molecule has 0 spiro atoms. The van der Waals surface area contributed by atoms with Gasteiger partial charge in [0.25, 0.3) is 0 Å². The summed E-state index contributed by atoms with van der Waals surface area (Å²) in [6.07, 6.45) is 1.52. The first kappa shape index (κ1) is 15.1. The highest BCUT2D eigenvalue weighted by Gasteiger charge is 2.03. The zero-order valence-corrected chi connectivity index (χ0v) is 12.7. The molecular formula is C17H13ClFN3O. The Morgan fingerprint density at radius 1 is 1.17 bits per heavy atom. The number of aromatic hydroxyl groups is 1. The summed E-state index contributed by atoms with van der Waals surface area (Å²) in [6.45, 7) is 0. The van der Waals surface area contributed by atoms with Crippen LogP contribution in [0.1, 0.15) is 5.69 Å². The number of aromatic nitrogens is 1. The number of halogens is 2. The molecular weight excluding hydrogens is 317 g/mol. The number of rotatable bonds is 3. The third-order valence-corrected chi connectivity index (χ3v) is 3.53. The quantitative estimate of drug-likeness (QED) is 0.633. The van der Waals surface area contributed by atoms with Crippen molar-refractivity contribution < 1.29 is 9.50 Å². The molecule has 3 aromatic rings. The lowest BCUT2D eigenvalue weighted by atomic mass is 10.2. The van der Waals surface area contributed by atoms with Gasteiger partial charge in [-0.05, 0) is 30.3 Å². The normalized spacial score (nSPS) is 11.7. The van der Waals surface area contributed by atoms with E-state index in [4.69, 9.17) is 22.4 Å². The van der Waals surface area contributed by atoms with E-state index in [1.54, 1.807) is 18.2 Å². The van der Waals surface area contributed by atoms with E-state index in [-0.39, 0.29) is 0 Å². The Labute approximate surface area is 137 Å². The van der Waals surface area contributed by atoms with Gasteiger partial charge in [0.2, 0.25) is 0 Å². The zero-order chi connectivity index (χ0) is 16.4. The molecule has 4 nitrogen and oxygen atoms in total. The average Bonchev–Trinajstić information content (AvgIpc) is 2.55. The summed E-state index contributed by atoms with van der Waals surface area (Å²) in [6, 6.07) is 13.1. The maximum Gasteiger partial charge on any atom is 0.166 e. The Balaban J connectivity index is 1.86. The van der Waals surface area contributed by atoms with Gasteiger partial charge in [0.1, 0.15) is 0 Å². The van der Waals surface area contributed by atoms with E-state index in [0.717, 1.165) is 10.9 Å². The van der Waals surface area contributed by atoms with Crippen LogP contribution in [0.4, 0.5) is 10.1 Å². The molecule has 0 amide bonds. The second-order valence-corrected chi connectivity index (χ2v) is 5.38. The molecule has 1 heterocycles. The maximum atomic E-state index is 13.3. The van der Waals surface area contributed by atoms with Crippen LogP contribution in [0, 0.1) is 5.82 Å². The van der Waals surface area contributed by atoms with Crippen LogP contribution in [0.15, 0.2) is 54.7 Å². The van der Waals surface area contributed by atoms with Crippen LogP contribution >= 0.6 is 11.6 Å². The molecule has 0 saturated heterocycles. The molecule has 0 fully saturated rings. The molecule has 0 saturated carbocycles.